The number of nitrogens with zero attached hydrogens (tertiary/aromatic N) is 2. The molecule has 0 fully saturated rings. The summed E-state index contributed by atoms with van der Waals surface area (Å²) in [6.07, 6.45) is 1.81. The van der Waals surface area contributed by atoms with Gasteiger partial charge in [-0.2, -0.15) is 0 Å². The minimum absolute atomic E-state index is 0.142. The van der Waals surface area contributed by atoms with Crippen LogP contribution < -0.4 is 0 Å². The first kappa shape index (κ1) is 15.4. The molecule has 1 heterocycles. The fourth-order valence-corrected chi connectivity index (χ4v) is 2.74. The van der Waals surface area contributed by atoms with Crippen molar-refractivity contribution in [2.75, 3.05) is 33.4 Å². The molecule has 0 aliphatic carbocycles. The summed E-state index contributed by atoms with van der Waals surface area (Å²) in [4.78, 5) is 6.64. The maximum Gasteiger partial charge on any atom is 0.0747 e. The first-order valence-corrected chi connectivity index (χ1v) is 7.39. The zero-order valence-electron chi connectivity index (χ0n) is 11.6. The second-order valence-corrected chi connectivity index (χ2v) is 5.55. The number of hydrogen-bond donors (Lipinski definition) is 1. The largest absolute Gasteiger partial charge is 0.395 e. The summed E-state index contributed by atoms with van der Waals surface area (Å²) >= 11 is 3.54. The third kappa shape index (κ3) is 3.99. The Balaban J connectivity index is 2.26. The van der Waals surface area contributed by atoms with E-state index in [9.17, 15) is 5.11 Å². The molecule has 5 heteroatoms. The number of rotatable bonds is 7. The van der Waals surface area contributed by atoms with Crippen LogP contribution in [0.5, 0.6) is 0 Å². The summed E-state index contributed by atoms with van der Waals surface area (Å²) in [5.41, 5.74) is 2.16. The van der Waals surface area contributed by atoms with E-state index in [2.05, 4.69) is 44.0 Å². The predicted octanol–water partition coefficient (Wildman–Crippen LogP) is 2.44. The summed E-state index contributed by atoms with van der Waals surface area (Å²) in [6, 6.07) is 8.15. The van der Waals surface area contributed by atoms with Gasteiger partial charge in [0.2, 0.25) is 0 Å². The van der Waals surface area contributed by atoms with Crippen LogP contribution in [-0.4, -0.2) is 48.4 Å². The highest BCUT2D eigenvalue weighted by Crippen LogP contribution is 2.23. The summed E-state index contributed by atoms with van der Waals surface area (Å²) in [5, 5.41) is 10.3. The fraction of sp³-hybridized carbons (Fsp3) is 0.400. The molecule has 1 aromatic heterocycles. The van der Waals surface area contributed by atoms with E-state index in [1.807, 2.05) is 12.3 Å². The van der Waals surface area contributed by atoms with E-state index < -0.39 is 0 Å². The lowest BCUT2D eigenvalue weighted by Crippen LogP contribution is -2.30. The van der Waals surface area contributed by atoms with E-state index in [1.54, 1.807) is 7.11 Å². The summed E-state index contributed by atoms with van der Waals surface area (Å²) in [5.74, 6) is 0. The van der Waals surface area contributed by atoms with Crippen molar-refractivity contribution >= 4 is 26.8 Å². The van der Waals surface area contributed by atoms with Crippen molar-refractivity contribution in [2.45, 2.75) is 6.54 Å². The maximum atomic E-state index is 9.17. The molecular weight excluding hydrogens is 320 g/mol. The van der Waals surface area contributed by atoms with Gasteiger partial charge in [0.15, 0.2) is 0 Å². The molecule has 20 heavy (non-hydrogen) atoms. The first-order chi connectivity index (χ1) is 9.74. The van der Waals surface area contributed by atoms with Crippen molar-refractivity contribution in [3.8, 4) is 0 Å². The van der Waals surface area contributed by atoms with Gasteiger partial charge >= 0.3 is 0 Å². The molecule has 0 aliphatic heterocycles. The number of pyridine rings is 1. The van der Waals surface area contributed by atoms with E-state index >= 15 is 0 Å². The second kappa shape index (κ2) is 7.69. The molecule has 0 spiro atoms. The highest BCUT2D eigenvalue weighted by molar-refractivity contribution is 9.10. The van der Waals surface area contributed by atoms with E-state index in [1.165, 1.54) is 0 Å². The number of fused-ring (bicyclic) bond motifs is 1. The van der Waals surface area contributed by atoms with Crippen LogP contribution in [0.1, 0.15) is 5.56 Å². The monoisotopic (exact) mass is 338 g/mol. The van der Waals surface area contributed by atoms with Gasteiger partial charge in [-0.05, 0) is 23.8 Å². The molecule has 0 bridgehead atoms. The van der Waals surface area contributed by atoms with E-state index in [-0.39, 0.29) is 6.61 Å². The normalized spacial score (nSPS) is 11.4. The van der Waals surface area contributed by atoms with Crippen LogP contribution in [0.3, 0.4) is 0 Å². The molecule has 0 atom stereocenters. The van der Waals surface area contributed by atoms with Gasteiger partial charge in [0.1, 0.15) is 0 Å². The van der Waals surface area contributed by atoms with Gasteiger partial charge < -0.3 is 9.84 Å². The van der Waals surface area contributed by atoms with Crippen LogP contribution in [0, 0.1) is 0 Å². The molecule has 0 unspecified atom stereocenters. The van der Waals surface area contributed by atoms with Crippen molar-refractivity contribution in [1.82, 2.24) is 9.88 Å². The van der Waals surface area contributed by atoms with Gasteiger partial charge in [-0.25, -0.2) is 0 Å². The number of halogens is 1. The summed E-state index contributed by atoms with van der Waals surface area (Å²) in [7, 11) is 1.69. The Morgan fingerprint density at radius 2 is 2.20 bits per heavy atom. The van der Waals surface area contributed by atoms with Crippen molar-refractivity contribution in [1.29, 1.82) is 0 Å². The molecule has 1 aromatic carbocycles. The van der Waals surface area contributed by atoms with E-state index in [0.717, 1.165) is 34.0 Å². The molecule has 1 N–H and O–H groups in total. The van der Waals surface area contributed by atoms with Gasteiger partial charge in [0, 0.05) is 42.8 Å². The van der Waals surface area contributed by atoms with Crippen molar-refractivity contribution in [3.63, 3.8) is 0 Å². The number of aliphatic hydroxyl groups excluding tert-OH is 1. The standard InChI is InChI=1S/C15H19BrN2O2/c1-20-8-6-18(5-7-19)11-13-10-14(16)9-12-3-2-4-17-15(12)13/h2-4,9-10,19H,5-8,11H2,1H3. The average molecular weight is 339 g/mol. The fourth-order valence-electron chi connectivity index (χ4n) is 2.22. The second-order valence-electron chi connectivity index (χ2n) is 4.63. The molecule has 0 amide bonds. The number of hydrogen-bond acceptors (Lipinski definition) is 4. The van der Waals surface area contributed by atoms with Crippen LogP contribution in [-0.2, 0) is 11.3 Å². The Kier molecular flexibility index (Phi) is 5.91. The predicted molar refractivity (Wildman–Crippen MR) is 83.7 cm³/mol. The third-order valence-corrected chi connectivity index (χ3v) is 3.63. The van der Waals surface area contributed by atoms with Gasteiger partial charge in [-0.3, -0.25) is 9.88 Å². The van der Waals surface area contributed by atoms with Crippen molar-refractivity contribution in [3.05, 3.63) is 40.5 Å². The van der Waals surface area contributed by atoms with Crippen LogP contribution >= 0.6 is 15.9 Å². The molecule has 0 radical (unpaired) electrons. The van der Waals surface area contributed by atoms with E-state index in [0.29, 0.717) is 13.2 Å². The Morgan fingerprint density at radius 1 is 1.35 bits per heavy atom. The SMILES string of the molecule is COCCN(CCO)Cc1cc(Br)cc2cccnc12. The zero-order chi connectivity index (χ0) is 14.4. The lowest BCUT2D eigenvalue weighted by Gasteiger charge is -2.21. The van der Waals surface area contributed by atoms with Crippen LogP contribution in [0.2, 0.25) is 0 Å². The van der Waals surface area contributed by atoms with Crippen LogP contribution in [0.4, 0.5) is 0 Å². The molecule has 2 rings (SSSR count). The molecule has 0 aliphatic rings. The lowest BCUT2D eigenvalue weighted by atomic mass is 10.1. The quantitative estimate of drug-likeness (QED) is 0.842. The smallest absolute Gasteiger partial charge is 0.0747 e. The number of aromatic nitrogens is 1. The average Bonchev–Trinajstić information content (AvgIpc) is 2.44. The van der Waals surface area contributed by atoms with E-state index in [4.69, 9.17) is 4.74 Å². The number of ether oxygens (including phenoxy) is 1. The summed E-state index contributed by atoms with van der Waals surface area (Å²) in [6.45, 7) is 2.96. The molecule has 0 saturated carbocycles. The molecule has 2 aromatic rings. The minimum Gasteiger partial charge on any atom is -0.395 e. The zero-order valence-corrected chi connectivity index (χ0v) is 13.1. The van der Waals surface area contributed by atoms with Crippen LogP contribution in [0.15, 0.2) is 34.9 Å². The molecule has 4 nitrogen and oxygen atoms in total. The highest BCUT2D eigenvalue weighted by atomic mass is 79.9. The maximum absolute atomic E-state index is 9.17. The number of methoxy groups -OCH3 is 1. The Morgan fingerprint density at radius 3 is 2.95 bits per heavy atom. The molecule has 0 saturated heterocycles. The van der Waals surface area contributed by atoms with Gasteiger partial charge in [-0.15, -0.1) is 0 Å². The van der Waals surface area contributed by atoms with Crippen molar-refractivity contribution in [2.24, 2.45) is 0 Å². The van der Waals surface area contributed by atoms with Gasteiger partial charge in [0.05, 0.1) is 18.7 Å². The highest BCUT2D eigenvalue weighted by Gasteiger charge is 2.10. The number of benzene rings is 1. The molecular formula is C15H19BrN2O2. The Labute approximate surface area is 127 Å². The Bertz CT molecular complexity index is 563. The topological polar surface area (TPSA) is 45.6 Å². The van der Waals surface area contributed by atoms with Crippen molar-refractivity contribution < 1.29 is 9.84 Å². The minimum atomic E-state index is 0.142. The lowest BCUT2D eigenvalue weighted by molar-refractivity contribution is 0.127. The Hall–Kier alpha value is -1.01. The third-order valence-electron chi connectivity index (χ3n) is 3.17. The number of aliphatic hydroxyl groups is 1. The van der Waals surface area contributed by atoms with Gasteiger partial charge in [0.25, 0.3) is 0 Å². The first-order valence-electron chi connectivity index (χ1n) is 6.60. The summed E-state index contributed by atoms with van der Waals surface area (Å²) < 4.78 is 6.16. The van der Waals surface area contributed by atoms with Crippen LogP contribution in [0.25, 0.3) is 10.9 Å². The molecule has 108 valence electrons. The van der Waals surface area contributed by atoms with Gasteiger partial charge in [-0.1, -0.05) is 22.0 Å².